The normalized spacial score (nSPS) is 27.3. The molecule has 0 saturated carbocycles. The van der Waals surface area contributed by atoms with Gasteiger partial charge in [-0.25, -0.2) is 8.42 Å². The minimum absolute atomic E-state index is 0.000278. The number of ether oxygens (including phenoxy) is 1. The molecule has 1 fully saturated rings. The SMILES string of the molecule is CNC(C1CCCOC1)C(C)S(C)(=O)=O. The lowest BCUT2D eigenvalue weighted by Crippen LogP contribution is -2.48. The molecule has 3 unspecified atom stereocenters. The van der Waals surface area contributed by atoms with Crippen molar-refractivity contribution in [2.45, 2.75) is 31.1 Å². The van der Waals surface area contributed by atoms with E-state index in [1.54, 1.807) is 6.92 Å². The average Bonchev–Trinajstić information content (AvgIpc) is 2.19. The van der Waals surface area contributed by atoms with Gasteiger partial charge in [0.25, 0.3) is 0 Å². The Hall–Kier alpha value is -0.130. The molecule has 0 aromatic carbocycles. The van der Waals surface area contributed by atoms with E-state index in [9.17, 15) is 8.42 Å². The van der Waals surface area contributed by atoms with E-state index < -0.39 is 9.84 Å². The van der Waals surface area contributed by atoms with Gasteiger partial charge < -0.3 is 10.1 Å². The van der Waals surface area contributed by atoms with Crippen molar-refractivity contribution in [1.29, 1.82) is 0 Å². The lowest BCUT2D eigenvalue weighted by molar-refractivity contribution is 0.0404. The zero-order valence-electron chi connectivity index (χ0n) is 9.69. The van der Waals surface area contributed by atoms with Crippen LogP contribution in [-0.2, 0) is 14.6 Å². The fraction of sp³-hybridized carbons (Fsp3) is 1.00. The number of sulfone groups is 1. The van der Waals surface area contributed by atoms with Gasteiger partial charge in [0.2, 0.25) is 0 Å². The zero-order chi connectivity index (χ0) is 11.5. The summed E-state index contributed by atoms with van der Waals surface area (Å²) in [6.07, 6.45) is 3.37. The molecule has 0 bridgehead atoms. The summed E-state index contributed by atoms with van der Waals surface area (Å²) in [5.41, 5.74) is 0. The summed E-state index contributed by atoms with van der Waals surface area (Å²) in [5, 5.41) is 2.77. The first kappa shape index (κ1) is 12.9. The zero-order valence-corrected chi connectivity index (χ0v) is 10.5. The lowest BCUT2D eigenvalue weighted by atomic mass is 9.92. The Balaban J connectivity index is 2.69. The van der Waals surface area contributed by atoms with Crippen LogP contribution >= 0.6 is 0 Å². The van der Waals surface area contributed by atoms with Crippen molar-refractivity contribution in [3.05, 3.63) is 0 Å². The van der Waals surface area contributed by atoms with Crippen molar-refractivity contribution in [1.82, 2.24) is 5.32 Å². The molecule has 1 N–H and O–H groups in total. The third-order valence-electron chi connectivity index (χ3n) is 3.22. The average molecular weight is 235 g/mol. The summed E-state index contributed by atoms with van der Waals surface area (Å²) in [4.78, 5) is 0. The summed E-state index contributed by atoms with van der Waals surface area (Å²) < 4.78 is 28.4. The molecule has 1 rings (SSSR count). The van der Waals surface area contributed by atoms with Crippen LogP contribution in [0.2, 0.25) is 0 Å². The largest absolute Gasteiger partial charge is 0.381 e. The summed E-state index contributed by atoms with van der Waals surface area (Å²) in [6.45, 7) is 3.25. The minimum atomic E-state index is -2.98. The lowest BCUT2D eigenvalue weighted by Gasteiger charge is -2.33. The summed E-state index contributed by atoms with van der Waals surface area (Å²) in [6, 6.07) is 0.000278. The fourth-order valence-electron chi connectivity index (χ4n) is 2.17. The van der Waals surface area contributed by atoms with Gasteiger partial charge in [0.1, 0.15) is 0 Å². The van der Waals surface area contributed by atoms with Gasteiger partial charge >= 0.3 is 0 Å². The van der Waals surface area contributed by atoms with E-state index in [1.807, 2.05) is 7.05 Å². The maximum atomic E-state index is 11.5. The first-order valence-electron chi connectivity index (χ1n) is 5.40. The standard InChI is InChI=1S/C10H21NO3S/c1-8(15(3,12)13)10(11-2)9-5-4-6-14-7-9/h8-11H,4-7H2,1-3H3. The van der Waals surface area contributed by atoms with Gasteiger partial charge in [0.15, 0.2) is 9.84 Å². The molecule has 0 aromatic heterocycles. The van der Waals surface area contributed by atoms with Crippen LogP contribution in [0.15, 0.2) is 0 Å². The molecule has 0 aromatic rings. The fourth-order valence-corrected chi connectivity index (χ4v) is 3.06. The predicted octanol–water partition coefficient (Wildman–Crippen LogP) is 0.434. The molecule has 0 spiro atoms. The molecule has 3 atom stereocenters. The van der Waals surface area contributed by atoms with Gasteiger partial charge in [-0.05, 0) is 32.7 Å². The Morgan fingerprint density at radius 2 is 2.13 bits per heavy atom. The molecule has 0 amide bonds. The van der Waals surface area contributed by atoms with Crippen molar-refractivity contribution in [2.75, 3.05) is 26.5 Å². The van der Waals surface area contributed by atoms with Crippen LogP contribution in [0.3, 0.4) is 0 Å². The second-order valence-electron chi connectivity index (χ2n) is 4.33. The van der Waals surface area contributed by atoms with E-state index in [2.05, 4.69) is 5.32 Å². The summed E-state index contributed by atoms with van der Waals surface area (Å²) in [5.74, 6) is 0.313. The second-order valence-corrected chi connectivity index (χ2v) is 6.73. The Kier molecular flexibility index (Phi) is 4.55. The van der Waals surface area contributed by atoms with Gasteiger partial charge in [0, 0.05) is 18.9 Å². The number of hydrogen-bond donors (Lipinski definition) is 1. The molecular weight excluding hydrogens is 214 g/mol. The van der Waals surface area contributed by atoms with Crippen molar-refractivity contribution >= 4 is 9.84 Å². The van der Waals surface area contributed by atoms with Crippen LogP contribution in [0, 0.1) is 5.92 Å². The number of rotatable bonds is 4. The molecule has 90 valence electrons. The third kappa shape index (κ3) is 3.43. The van der Waals surface area contributed by atoms with Crippen LogP contribution in [0.25, 0.3) is 0 Å². The molecule has 0 radical (unpaired) electrons. The highest BCUT2D eigenvalue weighted by molar-refractivity contribution is 7.91. The van der Waals surface area contributed by atoms with Crippen molar-refractivity contribution in [3.8, 4) is 0 Å². The summed E-state index contributed by atoms with van der Waals surface area (Å²) >= 11 is 0. The van der Waals surface area contributed by atoms with Crippen molar-refractivity contribution in [3.63, 3.8) is 0 Å². The second kappa shape index (κ2) is 5.27. The van der Waals surface area contributed by atoms with Crippen LogP contribution < -0.4 is 5.32 Å². The van der Waals surface area contributed by atoms with Crippen LogP contribution in [0.1, 0.15) is 19.8 Å². The maximum Gasteiger partial charge on any atom is 0.151 e. The van der Waals surface area contributed by atoms with Crippen LogP contribution in [-0.4, -0.2) is 46.2 Å². The van der Waals surface area contributed by atoms with E-state index in [4.69, 9.17) is 4.74 Å². The monoisotopic (exact) mass is 235 g/mol. The molecule has 5 heteroatoms. The van der Waals surface area contributed by atoms with E-state index >= 15 is 0 Å². The van der Waals surface area contributed by atoms with Gasteiger partial charge in [0.05, 0.1) is 11.9 Å². The first-order chi connectivity index (χ1) is 6.96. The van der Waals surface area contributed by atoms with Gasteiger partial charge in [-0.15, -0.1) is 0 Å². The quantitative estimate of drug-likeness (QED) is 0.768. The Labute approximate surface area is 92.3 Å². The Morgan fingerprint density at radius 3 is 2.53 bits per heavy atom. The molecule has 1 aliphatic heterocycles. The van der Waals surface area contributed by atoms with Gasteiger partial charge in [-0.3, -0.25) is 0 Å². The van der Waals surface area contributed by atoms with Crippen molar-refractivity contribution in [2.24, 2.45) is 5.92 Å². The highest BCUT2D eigenvalue weighted by Crippen LogP contribution is 2.22. The van der Waals surface area contributed by atoms with Gasteiger partial charge in [-0.1, -0.05) is 0 Å². The van der Waals surface area contributed by atoms with E-state index in [0.717, 1.165) is 19.4 Å². The number of hydrogen-bond acceptors (Lipinski definition) is 4. The molecule has 0 aliphatic carbocycles. The third-order valence-corrected chi connectivity index (χ3v) is 4.86. The van der Waals surface area contributed by atoms with E-state index in [-0.39, 0.29) is 11.3 Å². The van der Waals surface area contributed by atoms with E-state index in [1.165, 1.54) is 6.26 Å². The molecule has 15 heavy (non-hydrogen) atoms. The first-order valence-corrected chi connectivity index (χ1v) is 7.36. The highest BCUT2D eigenvalue weighted by atomic mass is 32.2. The molecule has 1 heterocycles. The van der Waals surface area contributed by atoms with Crippen LogP contribution in [0.5, 0.6) is 0 Å². The van der Waals surface area contributed by atoms with Crippen LogP contribution in [0.4, 0.5) is 0 Å². The molecule has 1 aliphatic rings. The smallest absolute Gasteiger partial charge is 0.151 e. The Morgan fingerprint density at radius 1 is 1.47 bits per heavy atom. The summed E-state index contributed by atoms with van der Waals surface area (Å²) in [7, 11) is -1.16. The van der Waals surface area contributed by atoms with E-state index in [0.29, 0.717) is 12.5 Å². The molecule has 1 saturated heterocycles. The predicted molar refractivity (Wildman–Crippen MR) is 60.7 cm³/mol. The van der Waals surface area contributed by atoms with Crippen molar-refractivity contribution < 1.29 is 13.2 Å². The highest BCUT2D eigenvalue weighted by Gasteiger charge is 2.32. The topological polar surface area (TPSA) is 55.4 Å². The molecular formula is C10H21NO3S. The Bertz CT molecular complexity index is 283. The van der Waals surface area contributed by atoms with Gasteiger partial charge in [-0.2, -0.15) is 0 Å². The maximum absolute atomic E-state index is 11.5. The minimum Gasteiger partial charge on any atom is -0.381 e. The number of nitrogens with one attached hydrogen (secondary N) is 1. The molecule has 4 nitrogen and oxygen atoms in total.